The van der Waals surface area contributed by atoms with Crippen LogP contribution in [0.15, 0.2) is 12.2 Å². The molecule has 0 aliphatic heterocycles. The number of carboxylic acid groups (broad SMARTS) is 1. The van der Waals surface area contributed by atoms with Gasteiger partial charge in [0.2, 0.25) is 0 Å². The van der Waals surface area contributed by atoms with Gasteiger partial charge >= 0.3 is 24.1 Å². The summed E-state index contributed by atoms with van der Waals surface area (Å²) in [5.41, 5.74) is -2.95. The Morgan fingerprint density at radius 3 is 2.09 bits per heavy atom. The molecule has 5 saturated carbocycles. The number of esters is 2. The first-order valence-electron chi connectivity index (χ1n) is 17.7. The molecule has 0 spiro atoms. The summed E-state index contributed by atoms with van der Waals surface area (Å²) in [7, 11) is 1.48. The summed E-state index contributed by atoms with van der Waals surface area (Å²) in [4.78, 5) is 38.3. The summed E-state index contributed by atoms with van der Waals surface area (Å²) in [6.45, 7) is 19.6. The van der Waals surface area contributed by atoms with Gasteiger partial charge in [0.15, 0.2) is 0 Å². The Balaban J connectivity index is 1.52. The molecule has 0 aromatic heterocycles. The highest BCUT2D eigenvalue weighted by Gasteiger charge is 2.74. The molecular weight excluding hydrogens is 609 g/mol. The molecule has 0 saturated heterocycles. The van der Waals surface area contributed by atoms with E-state index in [0.717, 1.165) is 56.9 Å². The van der Waals surface area contributed by atoms with Crippen LogP contribution < -0.4 is 0 Å². The van der Waals surface area contributed by atoms with E-state index in [9.17, 15) is 19.5 Å². The normalized spacial score (nSPS) is 44.2. The van der Waals surface area contributed by atoms with E-state index in [2.05, 4.69) is 34.3 Å². The predicted octanol–water partition coefficient (Wildman–Crippen LogP) is 9.02. The molecule has 0 aromatic rings. The van der Waals surface area contributed by atoms with Gasteiger partial charge in [-0.1, -0.05) is 46.8 Å². The summed E-state index contributed by atoms with van der Waals surface area (Å²) in [5, 5.41) is 9.54. The van der Waals surface area contributed by atoms with Crippen molar-refractivity contribution in [3.8, 4) is 0 Å². The first-order chi connectivity index (χ1) is 21.4. The first-order valence-corrected chi connectivity index (χ1v) is 17.7. The van der Waals surface area contributed by atoms with Crippen molar-refractivity contribution >= 4 is 17.9 Å². The molecule has 6 nitrogen and oxygen atoms in total. The molecule has 5 aliphatic rings. The lowest BCUT2D eigenvalue weighted by atomic mass is 9.31. The van der Waals surface area contributed by atoms with Gasteiger partial charge in [-0.15, -0.1) is 0 Å². The van der Waals surface area contributed by atoms with Crippen LogP contribution in [0.1, 0.15) is 120 Å². The van der Waals surface area contributed by atoms with E-state index in [0.29, 0.717) is 0 Å². The van der Waals surface area contributed by atoms with Gasteiger partial charge in [-0.05, 0) is 124 Å². The number of carbonyl (C=O) groups excluding carboxylic acids is 2. The fraction of sp³-hybridized carbons (Fsp3) is 0.868. The summed E-state index contributed by atoms with van der Waals surface area (Å²) < 4.78 is 56.6. The van der Waals surface area contributed by atoms with E-state index < -0.39 is 58.2 Å². The standard InChI is InChI=1S/C38H57F3O6/c1-21(2)22-13-16-37(31(45)46-10)18-17-35(8)23(28(22)37)11-12-26-34(7)19-24(38(39,40)41)29(47-27(42)20-32(3,4)30(43)44)33(5,6)25(34)14-15-36(26,35)9/h22-26,28-29H,1,11-20H2,2-10H3,(H,43,44)/t22-,23+,24+,25-,26+,28+,29-,34-,35+,36+,37-/m0/s1. The number of alkyl halides is 3. The van der Waals surface area contributed by atoms with Crippen LogP contribution in [0.5, 0.6) is 0 Å². The molecular formula is C38H57F3O6. The van der Waals surface area contributed by atoms with Crippen LogP contribution in [0.25, 0.3) is 0 Å². The second-order valence-corrected chi connectivity index (χ2v) is 18.3. The molecule has 0 radical (unpaired) electrons. The molecule has 0 bridgehead atoms. The highest BCUT2D eigenvalue weighted by molar-refractivity contribution is 5.81. The zero-order valence-electron chi connectivity index (χ0n) is 29.9. The van der Waals surface area contributed by atoms with Crippen LogP contribution >= 0.6 is 0 Å². The maximum Gasteiger partial charge on any atom is 0.395 e. The number of carbonyl (C=O) groups is 3. The molecule has 0 heterocycles. The zero-order valence-corrected chi connectivity index (χ0v) is 29.9. The van der Waals surface area contributed by atoms with Gasteiger partial charge in [-0.25, -0.2) is 0 Å². The average Bonchev–Trinajstić information content (AvgIpc) is 3.34. The Morgan fingerprint density at radius 2 is 1.53 bits per heavy atom. The van der Waals surface area contributed by atoms with Crippen LogP contribution in [0.4, 0.5) is 13.2 Å². The maximum absolute atomic E-state index is 15.1. The fourth-order valence-electron chi connectivity index (χ4n) is 13.0. The molecule has 5 aliphatic carbocycles. The van der Waals surface area contributed by atoms with Crippen molar-refractivity contribution in [1.82, 2.24) is 0 Å². The Kier molecular flexibility index (Phi) is 8.66. The zero-order chi connectivity index (χ0) is 35.3. The van der Waals surface area contributed by atoms with Crippen molar-refractivity contribution in [2.75, 3.05) is 7.11 Å². The van der Waals surface area contributed by atoms with Crippen molar-refractivity contribution in [2.45, 2.75) is 132 Å². The second-order valence-electron chi connectivity index (χ2n) is 18.3. The minimum absolute atomic E-state index is 0.0250. The predicted molar refractivity (Wildman–Crippen MR) is 172 cm³/mol. The van der Waals surface area contributed by atoms with Crippen LogP contribution in [0.3, 0.4) is 0 Å². The number of carboxylic acids is 1. The molecule has 0 amide bonds. The van der Waals surface area contributed by atoms with Gasteiger partial charge in [0, 0.05) is 5.41 Å². The number of aliphatic carboxylic acids is 1. The molecule has 266 valence electrons. The number of halogens is 3. The van der Waals surface area contributed by atoms with Gasteiger partial charge in [-0.3, -0.25) is 14.4 Å². The lowest BCUT2D eigenvalue weighted by Crippen LogP contribution is -2.69. The number of ether oxygens (including phenoxy) is 2. The highest BCUT2D eigenvalue weighted by Crippen LogP contribution is 2.78. The van der Waals surface area contributed by atoms with E-state index in [-0.39, 0.29) is 52.8 Å². The highest BCUT2D eigenvalue weighted by atomic mass is 19.4. The van der Waals surface area contributed by atoms with Gasteiger partial charge < -0.3 is 14.6 Å². The topological polar surface area (TPSA) is 89.9 Å². The molecule has 0 unspecified atom stereocenters. The molecule has 9 heteroatoms. The molecule has 5 fully saturated rings. The molecule has 5 rings (SSSR count). The minimum Gasteiger partial charge on any atom is -0.481 e. The molecule has 47 heavy (non-hydrogen) atoms. The molecule has 1 N–H and O–H groups in total. The van der Waals surface area contributed by atoms with Crippen molar-refractivity contribution in [3.05, 3.63) is 12.2 Å². The summed E-state index contributed by atoms with van der Waals surface area (Å²) in [5.74, 6) is -3.61. The molecule has 0 aromatic carbocycles. The van der Waals surface area contributed by atoms with Crippen LogP contribution in [-0.4, -0.2) is 42.4 Å². The average molecular weight is 667 g/mol. The third-order valence-corrected chi connectivity index (χ3v) is 15.4. The van der Waals surface area contributed by atoms with Crippen LogP contribution in [0.2, 0.25) is 0 Å². The molecule has 11 atom stereocenters. The fourth-order valence-corrected chi connectivity index (χ4v) is 13.0. The van der Waals surface area contributed by atoms with Crippen molar-refractivity contribution in [1.29, 1.82) is 0 Å². The van der Waals surface area contributed by atoms with Gasteiger partial charge in [0.05, 0.1) is 30.3 Å². The summed E-state index contributed by atoms with van der Waals surface area (Å²) >= 11 is 0. The van der Waals surface area contributed by atoms with Crippen molar-refractivity contribution in [3.63, 3.8) is 0 Å². The SMILES string of the molecule is C=C(C)[C@@H]1CC[C@]2(C(=O)OC)CC[C@]3(C)[C@H](CC[C@@H]4[C@@]5(C)C[C@@H](C(F)(F)F)[C@H](OC(=O)CC(C)(C)C(=O)O)C(C)(C)[C@@H]5CC[C@]43C)[C@@H]12. The van der Waals surface area contributed by atoms with E-state index in [1.165, 1.54) is 21.0 Å². The van der Waals surface area contributed by atoms with E-state index in [4.69, 9.17) is 9.47 Å². The summed E-state index contributed by atoms with van der Waals surface area (Å²) in [6, 6.07) is 0. The van der Waals surface area contributed by atoms with Crippen LogP contribution in [-0.2, 0) is 23.9 Å². The smallest absolute Gasteiger partial charge is 0.395 e. The third-order valence-electron chi connectivity index (χ3n) is 15.4. The van der Waals surface area contributed by atoms with E-state index in [1.54, 1.807) is 0 Å². The Labute approximate surface area is 279 Å². The lowest BCUT2D eigenvalue weighted by Gasteiger charge is -2.73. The maximum atomic E-state index is 15.1. The summed E-state index contributed by atoms with van der Waals surface area (Å²) in [6.07, 6.45) is -0.150. The third kappa shape index (κ3) is 5.11. The number of hydrogen-bond donors (Lipinski definition) is 1. The van der Waals surface area contributed by atoms with Crippen molar-refractivity contribution < 1.29 is 42.1 Å². The van der Waals surface area contributed by atoms with Gasteiger partial charge in [-0.2, -0.15) is 13.2 Å². The van der Waals surface area contributed by atoms with E-state index in [1.807, 2.05) is 13.8 Å². The lowest BCUT2D eigenvalue weighted by molar-refractivity contribution is -0.297. The van der Waals surface area contributed by atoms with Crippen molar-refractivity contribution in [2.24, 2.45) is 68.0 Å². The van der Waals surface area contributed by atoms with Gasteiger partial charge in [0.25, 0.3) is 0 Å². The first kappa shape index (κ1) is 36.2. The quantitative estimate of drug-likeness (QED) is 0.225. The largest absolute Gasteiger partial charge is 0.481 e. The monoisotopic (exact) mass is 666 g/mol. The van der Waals surface area contributed by atoms with E-state index >= 15 is 13.2 Å². The Hall–Kier alpha value is -2.06. The minimum atomic E-state index is -4.60. The number of allylic oxidation sites excluding steroid dienone is 1. The van der Waals surface area contributed by atoms with Gasteiger partial charge in [0.1, 0.15) is 6.10 Å². The number of rotatable bonds is 6. The number of methoxy groups -OCH3 is 1. The Bertz CT molecular complexity index is 1320. The van der Waals surface area contributed by atoms with Crippen LogP contribution in [0, 0.1) is 68.0 Å². The second kappa shape index (κ2) is 11.2. The Morgan fingerprint density at radius 1 is 0.894 bits per heavy atom. The number of fused-ring (bicyclic) bond motifs is 7. The number of hydrogen-bond acceptors (Lipinski definition) is 5.